The topological polar surface area (TPSA) is 88.6 Å². The summed E-state index contributed by atoms with van der Waals surface area (Å²) in [4.78, 5) is 36.8. The lowest BCUT2D eigenvalue weighted by molar-refractivity contribution is -0.158. The van der Waals surface area contributed by atoms with Crippen molar-refractivity contribution in [2.75, 3.05) is 27.3 Å². The lowest BCUT2D eigenvalue weighted by atomic mass is 9.52. The van der Waals surface area contributed by atoms with E-state index in [1.54, 1.807) is 26.7 Å². The van der Waals surface area contributed by atoms with Gasteiger partial charge in [0.05, 0.1) is 52.9 Å². The number of methoxy groups -OCH3 is 2. The molecule has 53 heavy (non-hydrogen) atoms. The molecule has 0 spiro atoms. The number of benzene rings is 1. The van der Waals surface area contributed by atoms with Crippen LogP contribution in [0.2, 0.25) is 0 Å². The van der Waals surface area contributed by atoms with Crippen molar-refractivity contribution in [1.82, 2.24) is 14.7 Å². The number of hydrogen-bond acceptors (Lipinski definition) is 7. The Morgan fingerprint density at radius 3 is 1.47 bits per heavy atom. The van der Waals surface area contributed by atoms with E-state index in [1.807, 2.05) is 42.5 Å². The standard InChI is InChI=1S/C44H57N3O6/c1-29(39-18-36(50-2)8-9-40(39)51-3)45(27-41(48)46(25-37-6-4-10-52-37)43-19-30-12-31(20-43)14-32(13-30)21-43)28-42(49)47(26-38-7-5-11-53-38)44-22-33-15-34(23-44)17-35(16-33)24-44/h4-11,18,29-35H,12-17,19-28H2,1-3H3. The lowest BCUT2D eigenvalue weighted by Gasteiger charge is -2.60. The molecule has 284 valence electrons. The Morgan fingerprint density at radius 2 is 1.11 bits per heavy atom. The zero-order valence-corrected chi connectivity index (χ0v) is 31.8. The highest BCUT2D eigenvalue weighted by Gasteiger charge is 2.56. The van der Waals surface area contributed by atoms with Gasteiger partial charge in [0, 0.05) is 22.7 Å². The van der Waals surface area contributed by atoms with E-state index in [2.05, 4.69) is 21.6 Å². The Labute approximate surface area is 314 Å². The summed E-state index contributed by atoms with van der Waals surface area (Å²) in [6.45, 7) is 3.24. The molecule has 8 fully saturated rings. The second-order valence-corrected chi connectivity index (χ2v) is 18.1. The highest BCUT2D eigenvalue weighted by Crippen LogP contribution is 2.59. The predicted molar refractivity (Wildman–Crippen MR) is 200 cm³/mol. The van der Waals surface area contributed by atoms with Gasteiger partial charge in [0.15, 0.2) is 0 Å². The average Bonchev–Trinajstić information content (AvgIpc) is 3.86. The van der Waals surface area contributed by atoms with Crippen molar-refractivity contribution >= 4 is 11.8 Å². The predicted octanol–water partition coefficient (Wildman–Crippen LogP) is 8.25. The smallest absolute Gasteiger partial charge is 0.237 e. The molecule has 0 N–H and O–H groups in total. The van der Waals surface area contributed by atoms with Gasteiger partial charge in [-0.05, 0) is 162 Å². The summed E-state index contributed by atoms with van der Waals surface area (Å²) in [5, 5.41) is 0. The molecule has 1 atom stereocenters. The van der Waals surface area contributed by atoms with E-state index in [1.165, 1.54) is 38.5 Å². The maximum atomic E-state index is 15.2. The van der Waals surface area contributed by atoms with Gasteiger partial charge < -0.3 is 28.1 Å². The minimum absolute atomic E-state index is 0.0669. The molecule has 8 aliphatic carbocycles. The summed E-state index contributed by atoms with van der Waals surface area (Å²) in [5.74, 6) is 7.27. The first-order valence-corrected chi connectivity index (χ1v) is 20.3. The van der Waals surface area contributed by atoms with Gasteiger partial charge in [0.1, 0.15) is 23.0 Å². The molecule has 0 radical (unpaired) electrons. The van der Waals surface area contributed by atoms with Crippen molar-refractivity contribution in [3.05, 3.63) is 72.1 Å². The zero-order chi connectivity index (χ0) is 36.3. The van der Waals surface area contributed by atoms with Crippen molar-refractivity contribution in [2.24, 2.45) is 35.5 Å². The minimum atomic E-state index is -0.309. The molecule has 0 saturated heterocycles. The van der Waals surface area contributed by atoms with Crippen molar-refractivity contribution in [3.8, 4) is 11.5 Å². The monoisotopic (exact) mass is 723 g/mol. The molecule has 8 aliphatic rings. The van der Waals surface area contributed by atoms with Crippen molar-refractivity contribution in [1.29, 1.82) is 0 Å². The number of carbonyl (C=O) groups excluding carboxylic acids is 2. The van der Waals surface area contributed by atoms with Crippen LogP contribution in [0.25, 0.3) is 0 Å². The molecule has 9 heteroatoms. The molecule has 2 heterocycles. The first kappa shape index (κ1) is 35.0. The van der Waals surface area contributed by atoms with Crippen LogP contribution in [0.4, 0.5) is 0 Å². The molecule has 1 unspecified atom stereocenters. The second kappa shape index (κ2) is 13.8. The highest BCUT2D eigenvalue weighted by molar-refractivity contribution is 5.82. The van der Waals surface area contributed by atoms with E-state index in [9.17, 15) is 0 Å². The van der Waals surface area contributed by atoms with E-state index >= 15 is 9.59 Å². The van der Waals surface area contributed by atoms with Crippen LogP contribution in [0.1, 0.15) is 107 Å². The van der Waals surface area contributed by atoms with E-state index in [-0.39, 0.29) is 42.0 Å². The maximum Gasteiger partial charge on any atom is 0.237 e. The molecule has 2 amide bonds. The first-order chi connectivity index (χ1) is 25.7. The Hall–Kier alpha value is -3.72. The number of nitrogens with zero attached hydrogens (tertiary/aromatic N) is 3. The van der Waals surface area contributed by atoms with Crippen LogP contribution < -0.4 is 9.47 Å². The van der Waals surface area contributed by atoms with Gasteiger partial charge >= 0.3 is 0 Å². The van der Waals surface area contributed by atoms with E-state index in [0.29, 0.717) is 60.1 Å². The van der Waals surface area contributed by atoms with Gasteiger partial charge in [-0.25, -0.2) is 0 Å². The Kier molecular flexibility index (Phi) is 9.15. The SMILES string of the molecule is COc1ccc(OC)c(C(C)N(CC(=O)N(Cc2ccco2)C23CC4CC(CC(C4)C2)C3)CC(=O)N(Cc2ccco2)C23CC4CC(CC(C4)C2)C3)c1. The summed E-state index contributed by atoms with van der Waals surface area (Å²) in [6.07, 6.45) is 17.6. The number of rotatable bonds is 14. The Morgan fingerprint density at radius 1 is 0.679 bits per heavy atom. The van der Waals surface area contributed by atoms with Gasteiger partial charge in [-0.2, -0.15) is 0 Å². The van der Waals surface area contributed by atoms with Gasteiger partial charge in [-0.15, -0.1) is 0 Å². The fraction of sp³-hybridized carbons (Fsp3) is 0.636. The zero-order valence-electron chi connectivity index (χ0n) is 31.8. The van der Waals surface area contributed by atoms with Crippen LogP contribution in [0.3, 0.4) is 0 Å². The third-order valence-electron chi connectivity index (χ3n) is 14.7. The lowest BCUT2D eigenvalue weighted by Crippen LogP contribution is -2.63. The normalized spacial score (nSPS) is 32.6. The summed E-state index contributed by atoms with van der Waals surface area (Å²) < 4.78 is 23.4. The van der Waals surface area contributed by atoms with Gasteiger partial charge in [0.25, 0.3) is 0 Å². The molecule has 8 bridgehead atoms. The summed E-state index contributed by atoms with van der Waals surface area (Å²) in [7, 11) is 3.34. The van der Waals surface area contributed by atoms with Gasteiger partial charge in [-0.1, -0.05) is 0 Å². The fourth-order valence-electron chi connectivity index (χ4n) is 13.2. The molecular formula is C44H57N3O6. The molecule has 11 rings (SSSR count). The molecule has 0 aliphatic heterocycles. The third kappa shape index (κ3) is 6.59. The summed E-state index contributed by atoms with van der Waals surface area (Å²) in [5.41, 5.74) is 0.554. The van der Waals surface area contributed by atoms with Crippen LogP contribution >= 0.6 is 0 Å². The van der Waals surface area contributed by atoms with Crippen LogP contribution in [0, 0.1) is 35.5 Å². The van der Waals surface area contributed by atoms with Crippen LogP contribution in [0.5, 0.6) is 11.5 Å². The number of hydrogen-bond donors (Lipinski definition) is 0. The largest absolute Gasteiger partial charge is 0.497 e. The number of furan rings is 2. The number of carbonyl (C=O) groups is 2. The van der Waals surface area contributed by atoms with Crippen LogP contribution in [0.15, 0.2) is 63.8 Å². The third-order valence-corrected chi connectivity index (χ3v) is 14.7. The maximum absolute atomic E-state index is 15.2. The van der Waals surface area contributed by atoms with E-state index in [0.717, 1.165) is 55.6 Å². The van der Waals surface area contributed by atoms with E-state index in [4.69, 9.17) is 18.3 Å². The number of amides is 2. The highest BCUT2D eigenvalue weighted by atomic mass is 16.5. The van der Waals surface area contributed by atoms with Crippen LogP contribution in [-0.2, 0) is 22.7 Å². The minimum Gasteiger partial charge on any atom is -0.497 e. The average molecular weight is 724 g/mol. The fourth-order valence-corrected chi connectivity index (χ4v) is 13.2. The van der Waals surface area contributed by atoms with Gasteiger partial charge in [0.2, 0.25) is 11.8 Å². The molecule has 9 nitrogen and oxygen atoms in total. The molecule has 2 aromatic heterocycles. The molecule has 3 aromatic rings. The number of ether oxygens (including phenoxy) is 2. The molecule has 1 aromatic carbocycles. The molecular weight excluding hydrogens is 666 g/mol. The van der Waals surface area contributed by atoms with E-state index < -0.39 is 0 Å². The Balaban J connectivity index is 1.06. The second-order valence-electron chi connectivity index (χ2n) is 18.1. The quantitative estimate of drug-likeness (QED) is 0.166. The van der Waals surface area contributed by atoms with Gasteiger partial charge in [-0.3, -0.25) is 14.5 Å². The Bertz CT molecular complexity index is 1600. The summed E-state index contributed by atoms with van der Waals surface area (Å²) in [6, 6.07) is 13.3. The van der Waals surface area contributed by atoms with Crippen LogP contribution in [-0.4, -0.2) is 64.9 Å². The van der Waals surface area contributed by atoms with Crippen molar-refractivity contribution in [2.45, 2.75) is 114 Å². The van der Waals surface area contributed by atoms with Crippen molar-refractivity contribution in [3.63, 3.8) is 0 Å². The summed E-state index contributed by atoms with van der Waals surface area (Å²) >= 11 is 0. The van der Waals surface area contributed by atoms with Crippen molar-refractivity contribution < 1.29 is 27.9 Å². The molecule has 8 saturated carbocycles. The first-order valence-electron chi connectivity index (χ1n) is 20.3.